The Balaban J connectivity index is 2.17. The van der Waals surface area contributed by atoms with Gasteiger partial charge in [0.1, 0.15) is 10.5 Å². The summed E-state index contributed by atoms with van der Waals surface area (Å²) in [6.07, 6.45) is 0.852. The molecule has 3 aromatic rings. The zero-order valence-corrected chi connectivity index (χ0v) is 16.8. The molecular weight excluding hydrogens is 386 g/mol. The molecule has 7 nitrogen and oxygen atoms in total. The lowest BCUT2D eigenvalue weighted by atomic mass is 10.1. The number of carbonyl (C=O) groups is 2. The molecule has 142 valence electrons. The maximum Gasteiger partial charge on any atom is 0.337 e. The van der Waals surface area contributed by atoms with E-state index >= 15 is 0 Å². The van der Waals surface area contributed by atoms with Crippen molar-refractivity contribution in [3.63, 3.8) is 0 Å². The van der Waals surface area contributed by atoms with Crippen LogP contribution in [0.5, 0.6) is 0 Å². The van der Waals surface area contributed by atoms with E-state index in [2.05, 4.69) is 24.1 Å². The summed E-state index contributed by atoms with van der Waals surface area (Å²) in [4.78, 5) is 40.0. The van der Waals surface area contributed by atoms with Crippen molar-refractivity contribution >= 4 is 52.0 Å². The lowest BCUT2D eigenvalue weighted by Gasteiger charge is -2.07. The van der Waals surface area contributed by atoms with Crippen molar-refractivity contribution < 1.29 is 14.3 Å². The van der Waals surface area contributed by atoms with Crippen molar-refractivity contribution in [1.29, 1.82) is 0 Å². The summed E-state index contributed by atoms with van der Waals surface area (Å²) in [6.45, 7) is 4.69. The van der Waals surface area contributed by atoms with Crippen LogP contribution in [-0.4, -0.2) is 34.9 Å². The van der Waals surface area contributed by atoms with E-state index in [1.165, 1.54) is 13.2 Å². The van der Waals surface area contributed by atoms with Crippen molar-refractivity contribution in [3.05, 3.63) is 42.9 Å². The highest BCUT2D eigenvalue weighted by molar-refractivity contribution is 7.73. The van der Waals surface area contributed by atoms with E-state index in [0.717, 1.165) is 17.8 Å². The number of hydrogen-bond acceptors (Lipinski definition) is 6. The SMILES string of the molecule is COC(=O)c1ccc2c(=O)[nH]c3c(C(=O)NCCC(C)C)sc(=S)n3c2c1. The van der Waals surface area contributed by atoms with Crippen LogP contribution in [0.15, 0.2) is 23.0 Å². The number of carbonyl (C=O) groups excluding carboxylic acids is 2. The van der Waals surface area contributed by atoms with Crippen LogP contribution in [0, 0.1) is 9.87 Å². The second-order valence-corrected chi connectivity index (χ2v) is 8.14. The van der Waals surface area contributed by atoms with Gasteiger partial charge in [0, 0.05) is 6.54 Å². The molecule has 1 aromatic carbocycles. The molecule has 2 N–H and O–H groups in total. The number of thiazole rings is 1. The van der Waals surface area contributed by atoms with Gasteiger partial charge in [-0.25, -0.2) is 4.79 Å². The van der Waals surface area contributed by atoms with E-state index < -0.39 is 5.97 Å². The number of fused-ring (bicyclic) bond motifs is 3. The normalized spacial score (nSPS) is 11.3. The van der Waals surface area contributed by atoms with Gasteiger partial charge in [-0.2, -0.15) is 0 Å². The van der Waals surface area contributed by atoms with Crippen LogP contribution in [0.2, 0.25) is 0 Å². The molecule has 0 atom stereocenters. The van der Waals surface area contributed by atoms with Crippen LogP contribution in [0.3, 0.4) is 0 Å². The average Bonchev–Trinajstić information content (AvgIpc) is 2.97. The molecule has 1 amide bonds. The van der Waals surface area contributed by atoms with Crippen molar-refractivity contribution in [1.82, 2.24) is 14.7 Å². The average molecular weight is 406 g/mol. The Bertz CT molecular complexity index is 1160. The van der Waals surface area contributed by atoms with Crippen LogP contribution in [-0.2, 0) is 4.74 Å². The molecule has 2 heterocycles. The molecule has 0 saturated carbocycles. The standard InChI is InChI=1S/C18H19N3O4S2/c1-9(2)6-7-19-16(23)13-14-20-15(22)11-5-4-10(17(24)25-3)8-12(11)21(14)18(26)27-13/h4-5,8-9H,6-7H2,1-3H3,(H,19,23)(H,20,22). The largest absolute Gasteiger partial charge is 0.465 e. The molecular formula is C18H19N3O4S2. The number of aromatic amines is 1. The monoisotopic (exact) mass is 405 g/mol. The molecule has 0 saturated heterocycles. The summed E-state index contributed by atoms with van der Waals surface area (Å²) in [5.41, 5.74) is 0.726. The fourth-order valence-electron chi connectivity index (χ4n) is 2.74. The lowest BCUT2D eigenvalue weighted by Crippen LogP contribution is -2.25. The van der Waals surface area contributed by atoms with Crippen LogP contribution in [0.25, 0.3) is 16.6 Å². The van der Waals surface area contributed by atoms with Gasteiger partial charge in [-0.15, -0.1) is 0 Å². The van der Waals surface area contributed by atoms with Crippen LogP contribution in [0.4, 0.5) is 0 Å². The van der Waals surface area contributed by atoms with Crippen LogP contribution in [0.1, 0.15) is 40.3 Å². The maximum absolute atomic E-state index is 12.6. The zero-order chi connectivity index (χ0) is 19.7. The molecule has 9 heteroatoms. The van der Waals surface area contributed by atoms with Crippen LogP contribution < -0.4 is 10.9 Å². The number of methoxy groups -OCH3 is 1. The second kappa shape index (κ2) is 7.61. The zero-order valence-electron chi connectivity index (χ0n) is 15.1. The first-order chi connectivity index (χ1) is 12.8. The minimum atomic E-state index is -0.515. The number of esters is 1. The number of nitrogens with one attached hydrogen (secondary N) is 2. The summed E-state index contributed by atoms with van der Waals surface area (Å²) in [7, 11) is 1.29. The molecule has 0 unspecified atom stereocenters. The first-order valence-electron chi connectivity index (χ1n) is 8.41. The molecule has 0 radical (unpaired) electrons. The van der Waals surface area contributed by atoms with Gasteiger partial charge in [-0.05, 0) is 42.8 Å². The van der Waals surface area contributed by atoms with Crippen molar-refractivity contribution in [3.8, 4) is 0 Å². The summed E-state index contributed by atoms with van der Waals surface area (Å²) in [5, 5.41) is 3.23. The minimum absolute atomic E-state index is 0.284. The molecule has 2 aromatic heterocycles. The fraction of sp³-hybridized carbons (Fsp3) is 0.333. The number of amides is 1. The van der Waals surface area contributed by atoms with Gasteiger partial charge in [-0.3, -0.25) is 14.0 Å². The van der Waals surface area contributed by atoms with E-state index in [0.29, 0.717) is 43.4 Å². The topological polar surface area (TPSA) is 92.7 Å². The van der Waals surface area contributed by atoms with Gasteiger partial charge in [0.25, 0.3) is 11.5 Å². The van der Waals surface area contributed by atoms with Crippen molar-refractivity contribution in [2.75, 3.05) is 13.7 Å². The van der Waals surface area contributed by atoms with Crippen LogP contribution >= 0.6 is 23.6 Å². The van der Waals surface area contributed by atoms with E-state index in [9.17, 15) is 14.4 Å². The van der Waals surface area contributed by atoms with E-state index in [-0.39, 0.29) is 11.5 Å². The van der Waals surface area contributed by atoms with Gasteiger partial charge < -0.3 is 15.0 Å². The molecule has 3 rings (SSSR count). The number of H-pyrrole nitrogens is 1. The number of benzene rings is 1. The van der Waals surface area contributed by atoms with Crippen molar-refractivity contribution in [2.45, 2.75) is 20.3 Å². The Morgan fingerprint density at radius 2 is 2.11 bits per heavy atom. The Kier molecular flexibility index (Phi) is 5.43. The summed E-state index contributed by atoms with van der Waals surface area (Å²) in [5.74, 6) is -0.332. The summed E-state index contributed by atoms with van der Waals surface area (Å²) < 4.78 is 6.76. The molecule has 0 aliphatic carbocycles. The Morgan fingerprint density at radius 3 is 2.78 bits per heavy atom. The third-order valence-electron chi connectivity index (χ3n) is 4.16. The molecule has 0 spiro atoms. The lowest BCUT2D eigenvalue weighted by molar-refractivity contribution is 0.0600. The number of nitrogens with zero attached hydrogens (tertiary/aromatic N) is 1. The third kappa shape index (κ3) is 3.65. The highest BCUT2D eigenvalue weighted by atomic mass is 32.1. The maximum atomic E-state index is 12.6. The number of aromatic nitrogens is 2. The van der Waals surface area contributed by atoms with Gasteiger partial charge >= 0.3 is 5.97 Å². The first-order valence-corrected chi connectivity index (χ1v) is 9.64. The third-order valence-corrected chi connectivity index (χ3v) is 5.53. The highest BCUT2D eigenvalue weighted by Gasteiger charge is 2.19. The molecule has 0 aliphatic heterocycles. The summed E-state index contributed by atoms with van der Waals surface area (Å²) >= 11 is 6.54. The molecule has 27 heavy (non-hydrogen) atoms. The number of rotatable bonds is 5. The second-order valence-electron chi connectivity index (χ2n) is 6.50. The Morgan fingerprint density at radius 1 is 1.37 bits per heavy atom. The van der Waals surface area contributed by atoms with Gasteiger partial charge in [-0.1, -0.05) is 25.2 Å². The molecule has 0 aliphatic rings. The van der Waals surface area contributed by atoms with Gasteiger partial charge in [0.05, 0.1) is 23.6 Å². The molecule has 0 fully saturated rings. The van der Waals surface area contributed by atoms with E-state index in [1.54, 1.807) is 16.5 Å². The minimum Gasteiger partial charge on any atom is -0.465 e. The Labute approximate surface area is 164 Å². The van der Waals surface area contributed by atoms with E-state index in [1.807, 2.05) is 0 Å². The Hall–Kier alpha value is -2.52. The predicted octanol–water partition coefficient (Wildman–Crippen LogP) is 3.13. The van der Waals surface area contributed by atoms with E-state index in [4.69, 9.17) is 17.0 Å². The highest BCUT2D eigenvalue weighted by Crippen LogP contribution is 2.23. The fourth-order valence-corrected chi connectivity index (χ4v) is 4.04. The van der Waals surface area contributed by atoms with Gasteiger partial charge in [0.2, 0.25) is 0 Å². The quantitative estimate of drug-likeness (QED) is 0.503. The van der Waals surface area contributed by atoms with Crippen molar-refractivity contribution in [2.24, 2.45) is 5.92 Å². The number of hydrogen-bond donors (Lipinski definition) is 2. The first kappa shape index (κ1) is 19.2. The summed E-state index contributed by atoms with van der Waals surface area (Å²) in [6, 6.07) is 4.61. The number of ether oxygens (including phenoxy) is 1. The van der Waals surface area contributed by atoms with Gasteiger partial charge in [0.15, 0.2) is 3.95 Å². The smallest absolute Gasteiger partial charge is 0.337 e. The predicted molar refractivity (Wildman–Crippen MR) is 107 cm³/mol. The molecule has 0 bridgehead atoms.